The molecule has 4 rings (SSSR count). The fourth-order valence-electron chi connectivity index (χ4n) is 3.62. The first-order chi connectivity index (χ1) is 15.6. The summed E-state index contributed by atoms with van der Waals surface area (Å²) in [4.78, 5) is 13.7. The molecular formula is C29H24ClNO. The van der Waals surface area contributed by atoms with Crippen molar-refractivity contribution in [3.63, 3.8) is 0 Å². The molecule has 4 aromatic carbocycles. The van der Waals surface area contributed by atoms with E-state index in [-0.39, 0.29) is 11.9 Å². The summed E-state index contributed by atoms with van der Waals surface area (Å²) in [6.45, 7) is 2.06. The Morgan fingerprint density at radius 2 is 1.31 bits per heavy atom. The first-order valence-corrected chi connectivity index (χ1v) is 10.9. The summed E-state index contributed by atoms with van der Waals surface area (Å²) in [6, 6.07) is 35.2. The Kier molecular flexibility index (Phi) is 6.84. The number of carbonyl (C=O) groups excluding carboxylic acids is 1. The molecule has 0 aromatic heterocycles. The van der Waals surface area contributed by atoms with E-state index in [9.17, 15) is 4.79 Å². The van der Waals surface area contributed by atoms with Crippen molar-refractivity contribution < 1.29 is 4.79 Å². The minimum Gasteiger partial charge on any atom is -0.341 e. The second kappa shape index (κ2) is 10.1. The number of hydrogen-bond acceptors (Lipinski definition) is 1. The van der Waals surface area contributed by atoms with Crippen molar-refractivity contribution in [3.05, 3.63) is 142 Å². The molecule has 0 saturated carbocycles. The average Bonchev–Trinajstić information content (AvgIpc) is 2.83. The number of aryl methyl sites for hydroxylation is 1. The number of benzene rings is 4. The van der Waals surface area contributed by atoms with Crippen LogP contribution in [0, 0.1) is 6.92 Å². The molecule has 1 amide bonds. The van der Waals surface area contributed by atoms with Crippen molar-refractivity contribution in [2.24, 2.45) is 0 Å². The highest BCUT2D eigenvalue weighted by Crippen LogP contribution is 2.27. The molecule has 158 valence electrons. The highest BCUT2D eigenvalue weighted by molar-refractivity contribution is 6.33. The normalized spacial score (nSPS) is 12.2. The number of halogens is 1. The Bertz CT molecular complexity index is 1220. The van der Waals surface area contributed by atoms with Gasteiger partial charge in [0, 0.05) is 10.6 Å². The van der Waals surface area contributed by atoms with Crippen LogP contribution < -0.4 is 5.32 Å². The molecule has 0 unspecified atom stereocenters. The zero-order valence-electron chi connectivity index (χ0n) is 17.8. The van der Waals surface area contributed by atoms with E-state index >= 15 is 0 Å². The third-order valence-electron chi connectivity index (χ3n) is 5.35. The largest absolute Gasteiger partial charge is 0.341 e. The fourth-order valence-corrected chi connectivity index (χ4v) is 3.81. The molecule has 1 N–H and O–H groups in total. The lowest BCUT2D eigenvalue weighted by Crippen LogP contribution is -2.30. The van der Waals surface area contributed by atoms with E-state index < -0.39 is 0 Å². The number of amides is 1. The van der Waals surface area contributed by atoms with E-state index in [0.29, 0.717) is 10.6 Å². The van der Waals surface area contributed by atoms with Gasteiger partial charge in [-0.25, -0.2) is 0 Å². The number of carbonyl (C=O) groups is 1. The van der Waals surface area contributed by atoms with Crippen molar-refractivity contribution >= 4 is 29.2 Å². The molecule has 2 nitrogen and oxygen atoms in total. The fraction of sp³-hybridized carbons (Fsp3) is 0.0690. The highest BCUT2D eigenvalue weighted by Gasteiger charge is 2.20. The molecule has 0 bridgehead atoms. The summed E-state index contributed by atoms with van der Waals surface area (Å²) < 4.78 is 0. The van der Waals surface area contributed by atoms with Gasteiger partial charge in [-0.3, -0.25) is 4.79 Å². The molecule has 0 aliphatic rings. The standard InChI is InChI=1S/C29H24ClNO/c1-21-16-18-24(19-17-21)28(23-12-6-3-7-13-23)31-29(32)26(22-10-4-2-5-11-22)20-25-14-8-9-15-27(25)30/h2-20,28H,1H3,(H,31,32)/b26-20+/t28-/m0/s1. The van der Waals surface area contributed by atoms with Crippen LogP contribution in [0.2, 0.25) is 5.02 Å². The van der Waals surface area contributed by atoms with Crippen LogP contribution in [-0.2, 0) is 4.79 Å². The van der Waals surface area contributed by atoms with Crippen LogP contribution in [0.5, 0.6) is 0 Å². The van der Waals surface area contributed by atoms with E-state index in [2.05, 4.69) is 36.5 Å². The van der Waals surface area contributed by atoms with Gasteiger partial charge in [0.05, 0.1) is 6.04 Å². The molecule has 0 radical (unpaired) electrons. The van der Waals surface area contributed by atoms with Crippen LogP contribution in [0.25, 0.3) is 11.6 Å². The van der Waals surface area contributed by atoms with Crippen molar-refractivity contribution in [2.45, 2.75) is 13.0 Å². The van der Waals surface area contributed by atoms with Crippen LogP contribution in [0.15, 0.2) is 109 Å². The molecule has 4 aromatic rings. The van der Waals surface area contributed by atoms with E-state index in [0.717, 1.165) is 22.3 Å². The zero-order chi connectivity index (χ0) is 22.3. The highest BCUT2D eigenvalue weighted by atomic mass is 35.5. The molecule has 1 atom stereocenters. The van der Waals surface area contributed by atoms with Gasteiger partial charge >= 0.3 is 0 Å². The summed E-state index contributed by atoms with van der Waals surface area (Å²) in [5, 5.41) is 3.86. The molecule has 0 fully saturated rings. The van der Waals surface area contributed by atoms with E-state index in [1.165, 1.54) is 5.56 Å². The molecule has 0 aliphatic carbocycles. The Morgan fingerprint density at radius 1 is 0.750 bits per heavy atom. The molecule has 0 heterocycles. The SMILES string of the molecule is Cc1ccc([C@@H](NC(=O)/C(=C/c2ccccc2Cl)c2ccccc2)c2ccccc2)cc1. The van der Waals surface area contributed by atoms with Crippen LogP contribution in [0.3, 0.4) is 0 Å². The second-order valence-electron chi connectivity index (χ2n) is 7.67. The quantitative estimate of drug-likeness (QED) is 0.253. The van der Waals surface area contributed by atoms with Crippen LogP contribution >= 0.6 is 11.6 Å². The number of nitrogens with one attached hydrogen (secondary N) is 1. The summed E-state index contributed by atoms with van der Waals surface area (Å²) in [7, 11) is 0. The summed E-state index contributed by atoms with van der Waals surface area (Å²) in [5.74, 6) is -0.162. The van der Waals surface area contributed by atoms with Crippen molar-refractivity contribution in [2.75, 3.05) is 0 Å². The molecule has 0 saturated heterocycles. The maximum Gasteiger partial charge on any atom is 0.252 e. The predicted octanol–water partition coefficient (Wildman–Crippen LogP) is 7.09. The summed E-state index contributed by atoms with van der Waals surface area (Å²) in [5.41, 5.74) is 5.42. The first-order valence-electron chi connectivity index (χ1n) is 10.6. The second-order valence-corrected chi connectivity index (χ2v) is 8.08. The van der Waals surface area contributed by atoms with Gasteiger partial charge in [-0.1, -0.05) is 120 Å². The third-order valence-corrected chi connectivity index (χ3v) is 5.70. The maximum atomic E-state index is 13.7. The van der Waals surface area contributed by atoms with E-state index in [1.807, 2.05) is 91.0 Å². The Labute approximate surface area is 194 Å². The predicted molar refractivity (Wildman–Crippen MR) is 133 cm³/mol. The smallest absolute Gasteiger partial charge is 0.252 e. The average molecular weight is 438 g/mol. The van der Waals surface area contributed by atoms with Gasteiger partial charge in [0.25, 0.3) is 5.91 Å². The third kappa shape index (κ3) is 5.16. The summed E-state index contributed by atoms with van der Waals surface area (Å²) >= 11 is 6.40. The Balaban J connectivity index is 1.75. The van der Waals surface area contributed by atoms with Gasteiger partial charge in [0.1, 0.15) is 0 Å². The van der Waals surface area contributed by atoms with Gasteiger partial charge in [-0.15, -0.1) is 0 Å². The molecular weight excluding hydrogens is 414 g/mol. The molecule has 0 aliphatic heterocycles. The lowest BCUT2D eigenvalue weighted by atomic mass is 9.96. The lowest BCUT2D eigenvalue weighted by molar-refractivity contribution is -0.116. The number of rotatable bonds is 6. The zero-order valence-corrected chi connectivity index (χ0v) is 18.6. The Morgan fingerprint density at radius 3 is 1.97 bits per heavy atom. The summed E-state index contributed by atoms with van der Waals surface area (Å²) in [6.07, 6.45) is 1.85. The van der Waals surface area contributed by atoms with Gasteiger partial charge in [0.15, 0.2) is 0 Å². The molecule has 3 heteroatoms. The first kappa shape index (κ1) is 21.6. The van der Waals surface area contributed by atoms with Gasteiger partial charge in [-0.05, 0) is 41.3 Å². The van der Waals surface area contributed by atoms with Crippen LogP contribution in [0.1, 0.15) is 33.9 Å². The van der Waals surface area contributed by atoms with Crippen LogP contribution in [0.4, 0.5) is 0 Å². The van der Waals surface area contributed by atoms with Crippen molar-refractivity contribution in [3.8, 4) is 0 Å². The van der Waals surface area contributed by atoms with E-state index in [1.54, 1.807) is 0 Å². The molecule has 0 spiro atoms. The Hall–Kier alpha value is -3.62. The van der Waals surface area contributed by atoms with E-state index in [4.69, 9.17) is 11.6 Å². The van der Waals surface area contributed by atoms with Crippen molar-refractivity contribution in [1.29, 1.82) is 0 Å². The lowest BCUT2D eigenvalue weighted by Gasteiger charge is -2.21. The van der Waals surface area contributed by atoms with Crippen molar-refractivity contribution in [1.82, 2.24) is 5.32 Å². The number of hydrogen-bond donors (Lipinski definition) is 1. The van der Waals surface area contributed by atoms with Gasteiger partial charge in [0.2, 0.25) is 0 Å². The van der Waals surface area contributed by atoms with Gasteiger partial charge < -0.3 is 5.32 Å². The maximum absolute atomic E-state index is 13.7. The monoisotopic (exact) mass is 437 g/mol. The minimum atomic E-state index is -0.275. The topological polar surface area (TPSA) is 29.1 Å². The van der Waals surface area contributed by atoms with Gasteiger partial charge in [-0.2, -0.15) is 0 Å². The molecule has 32 heavy (non-hydrogen) atoms. The minimum absolute atomic E-state index is 0.162. The van der Waals surface area contributed by atoms with Crippen LogP contribution in [-0.4, -0.2) is 5.91 Å².